The Labute approximate surface area is 110 Å². The van der Waals surface area contributed by atoms with E-state index < -0.39 is 6.48 Å². The van der Waals surface area contributed by atoms with E-state index in [2.05, 4.69) is 0 Å². The van der Waals surface area contributed by atoms with Crippen molar-refractivity contribution >= 4 is 107 Å². The Kier molecular flexibility index (Phi) is 5.44. The van der Waals surface area contributed by atoms with Crippen molar-refractivity contribution in [2.75, 3.05) is 0 Å². The third kappa shape index (κ3) is 51.2. The van der Waals surface area contributed by atoms with E-state index in [1.807, 2.05) is 0 Å². The molecule has 0 spiro atoms. The average molecular weight is 453 g/mol. The third-order valence-corrected chi connectivity index (χ3v) is 0. The van der Waals surface area contributed by atoms with Gasteiger partial charge < -0.3 is 0 Å². The molecule has 0 rings (SSSR count). The minimum absolute atomic E-state index is 0. The summed E-state index contributed by atoms with van der Waals surface area (Å²) in [6.07, 6.45) is 0. The fourth-order valence-corrected chi connectivity index (χ4v) is 0. The molecule has 0 aliphatic rings. The van der Waals surface area contributed by atoms with Crippen molar-refractivity contribution in [1.29, 1.82) is 0 Å². The molecule has 53 valence electrons. The van der Waals surface area contributed by atoms with Gasteiger partial charge in [-0.25, -0.2) is 0 Å². The predicted octanol–water partition coefficient (Wildman–Crippen LogP) is 3.75. The van der Waals surface area contributed by atoms with Gasteiger partial charge in [-0.2, -0.15) is 0 Å². The Morgan fingerprint density at radius 3 is 0.625 bits per heavy atom. The molecule has 0 bridgehead atoms. The van der Waals surface area contributed by atoms with Crippen LogP contribution in [0.15, 0.2) is 0 Å². The fourth-order valence-electron chi connectivity index (χ4n) is 0. The first-order valence-corrected chi connectivity index (χ1v) is 13.4. The van der Waals surface area contributed by atoms with Crippen LogP contribution >= 0.6 is 58.1 Å². The Morgan fingerprint density at radius 1 is 0.625 bits per heavy atom. The van der Waals surface area contributed by atoms with Gasteiger partial charge in [-0.05, 0) is 0 Å². The molecule has 0 aromatic rings. The summed E-state index contributed by atoms with van der Waals surface area (Å²) >= 11 is 0. The van der Waals surface area contributed by atoms with Gasteiger partial charge in [-0.15, -0.1) is 0 Å². The summed E-state index contributed by atoms with van der Waals surface area (Å²) in [6, 6.07) is 0. The van der Waals surface area contributed by atoms with E-state index in [0.29, 0.717) is 0 Å². The second-order valence-electron chi connectivity index (χ2n) is 0.714. The Balaban J connectivity index is 0. The summed E-state index contributed by atoms with van der Waals surface area (Å²) in [7, 11) is 30.2. The van der Waals surface area contributed by atoms with Crippen molar-refractivity contribution in [2.45, 2.75) is 0 Å². The Bertz CT molecular complexity index is 67.1. The van der Waals surface area contributed by atoms with Gasteiger partial charge in [0.1, 0.15) is 0 Å². The van der Waals surface area contributed by atoms with E-state index >= 15 is 0 Å². The van der Waals surface area contributed by atoms with Crippen LogP contribution in [0.25, 0.3) is 0 Å². The van der Waals surface area contributed by atoms with Gasteiger partial charge in [0.15, 0.2) is 0 Å². The normalized spacial score (nSPS) is 20.2. The van der Waals surface area contributed by atoms with E-state index in [0.717, 1.165) is 0 Å². The van der Waals surface area contributed by atoms with E-state index in [1.165, 1.54) is 0 Å². The van der Waals surface area contributed by atoms with Crippen molar-refractivity contribution in [2.24, 2.45) is 0 Å². The van der Waals surface area contributed by atoms with Gasteiger partial charge in [0, 0.05) is 48.9 Å². The molecule has 0 unspecified atom stereocenters. The second kappa shape index (κ2) is 3.01. The summed E-state index contributed by atoms with van der Waals surface area (Å²) in [5.41, 5.74) is 0. The molecule has 0 N–H and O–H groups in total. The van der Waals surface area contributed by atoms with Crippen LogP contribution in [0, 0.1) is 0 Å². The first-order chi connectivity index (χ1) is 2.45. The zero-order valence-electron chi connectivity index (χ0n) is 3.31. The Hall–Kier alpha value is 3.93. The molecule has 2 radical (unpaired) electrons. The SMILES string of the molecule is [Ba].[Cl][Rh]([Cl])([Cl])([Cl])([Cl])[Cl]. The molecule has 0 nitrogen and oxygen atoms in total. The van der Waals surface area contributed by atoms with Crippen LogP contribution in [0.1, 0.15) is 0 Å². The molecule has 0 amide bonds. The van der Waals surface area contributed by atoms with Crippen molar-refractivity contribution in [3.8, 4) is 0 Å². The van der Waals surface area contributed by atoms with Gasteiger partial charge in [0.2, 0.25) is 0 Å². The van der Waals surface area contributed by atoms with Crippen LogP contribution < -0.4 is 0 Å². The topological polar surface area (TPSA) is 0 Å². The number of rotatable bonds is 0. The van der Waals surface area contributed by atoms with Crippen LogP contribution in [-0.2, 0) is 6.48 Å². The zero-order valence-corrected chi connectivity index (χ0v) is 13.9. The van der Waals surface area contributed by atoms with Crippen LogP contribution in [0.3, 0.4) is 0 Å². The second-order valence-corrected chi connectivity index (χ2v) is 38.0. The molecule has 0 aromatic heterocycles. The molecule has 0 saturated carbocycles. The molecule has 8 heavy (non-hydrogen) atoms. The summed E-state index contributed by atoms with van der Waals surface area (Å²) in [6.45, 7) is -5.15. The fraction of sp³-hybridized carbons (Fsp3) is 0. The van der Waals surface area contributed by atoms with Crippen LogP contribution in [0.5, 0.6) is 0 Å². The van der Waals surface area contributed by atoms with E-state index in [-0.39, 0.29) is 48.9 Å². The van der Waals surface area contributed by atoms with Gasteiger partial charge in [0.25, 0.3) is 0 Å². The molecule has 0 aromatic carbocycles. The number of halogens is 6. The summed E-state index contributed by atoms with van der Waals surface area (Å²) in [5.74, 6) is 0. The van der Waals surface area contributed by atoms with Gasteiger partial charge in [-0.3, -0.25) is 0 Å². The maximum atomic E-state index is 5.04. The van der Waals surface area contributed by atoms with E-state index in [9.17, 15) is 0 Å². The van der Waals surface area contributed by atoms with Crippen molar-refractivity contribution in [1.82, 2.24) is 0 Å². The van der Waals surface area contributed by atoms with Crippen molar-refractivity contribution in [3.63, 3.8) is 0 Å². The number of hydrogen-bond acceptors (Lipinski definition) is 0. The molecule has 0 aliphatic heterocycles. The quantitative estimate of drug-likeness (QED) is 0.491. The maximum absolute atomic E-state index is 5.15. The molecule has 0 fully saturated rings. The summed E-state index contributed by atoms with van der Waals surface area (Å²) in [5, 5.41) is 0. The molecule has 0 aliphatic carbocycles. The van der Waals surface area contributed by atoms with Crippen LogP contribution in [0.2, 0.25) is 0 Å². The standard InChI is InChI=1S/Ba.6ClH.Rh/h;6*1H;/q;;;;;;;+6/p-6. The molecular weight excluding hydrogens is 453 g/mol. The van der Waals surface area contributed by atoms with Crippen molar-refractivity contribution in [3.05, 3.63) is 0 Å². The van der Waals surface area contributed by atoms with E-state index in [1.54, 1.807) is 0 Å². The first-order valence-electron chi connectivity index (χ1n) is 0.756. The average Bonchev–Trinajstić information content (AvgIpc) is 0.592. The van der Waals surface area contributed by atoms with Crippen LogP contribution in [0.4, 0.5) is 0 Å². The Morgan fingerprint density at radius 2 is 0.625 bits per heavy atom. The monoisotopic (exact) mass is 451 g/mol. The molecule has 8 heteroatoms. The van der Waals surface area contributed by atoms with Crippen LogP contribution in [-0.4, -0.2) is 48.9 Å². The molecule has 0 atom stereocenters. The third-order valence-electron chi connectivity index (χ3n) is 0. The van der Waals surface area contributed by atoms with Crippen molar-refractivity contribution < 1.29 is 6.48 Å². The summed E-state index contributed by atoms with van der Waals surface area (Å²) in [4.78, 5) is 0. The molecule has 0 heterocycles. The summed E-state index contributed by atoms with van der Waals surface area (Å²) < 4.78 is 0. The van der Waals surface area contributed by atoms with E-state index in [4.69, 9.17) is 58.1 Å². The van der Waals surface area contributed by atoms with Gasteiger partial charge in [0.05, 0.1) is 0 Å². The molecular formula is BaCl6Rh. The zero-order chi connectivity index (χ0) is 6.41. The van der Waals surface area contributed by atoms with Gasteiger partial charge >= 0.3 is 64.6 Å². The van der Waals surface area contributed by atoms with Gasteiger partial charge in [-0.1, -0.05) is 0 Å². The number of hydrogen-bond donors (Lipinski definition) is 0. The molecule has 0 saturated heterocycles. The minimum atomic E-state index is -5.15. The predicted molar refractivity (Wildman–Crippen MR) is 40.9 cm³/mol. The first kappa shape index (κ1) is 14.5.